The first-order valence-electron chi connectivity index (χ1n) is 9.76. The minimum Gasteiger partial charge on any atom is -0.346 e. The summed E-state index contributed by atoms with van der Waals surface area (Å²) < 4.78 is 1.53. The van der Waals surface area contributed by atoms with Crippen LogP contribution in [0, 0.1) is 0 Å². The molecule has 1 fully saturated rings. The highest BCUT2D eigenvalue weighted by atomic mass is 16.2. The molecule has 0 aliphatic carbocycles. The third-order valence-electron chi connectivity index (χ3n) is 4.99. The molecule has 1 aromatic heterocycles. The van der Waals surface area contributed by atoms with Crippen molar-refractivity contribution in [2.24, 2.45) is 0 Å². The van der Waals surface area contributed by atoms with Gasteiger partial charge in [0.2, 0.25) is 11.8 Å². The minimum atomic E-state index is -0.261. The van der Waals surface area contributed by atoms with Crippen molar-refractivity contribution in [3.63, 3.8) is 0 Å². The molecule has 0 spiro atoms. The molecule has 29 heavy (non-hydrogen) atoms. The van der Waals surface area contributed by atoms with Gasteiger partial charge in [0, 0.05) is 25.1 Å². The predicted octanol–water partition coefficient (Wildman–Crippen LogP) is 2.43. The molecule has 0 unspecified atom stereocenters. The average molecular weight is 389 g/mol. The van der Waals surface area contributed by atoms with Crippen LogP contribution < -0.4 is 5.32 Å². The number of carbonyl (C=O) groups excluding carboxylic acids is 2. The highest BCUT2D eigenvalue weighted by Gasteiger charge is 2.25. The SMILES string of the molecule is O=C(Cn1cnc(-c2ccccc2)n1)N[C@@H](CN1CCCC1=O)c1ccccc1. The molecule has 1 aliphatic rings. The number of nitrogens with one attached hydrogen (secondary N) is 1. The second kappa shape index (κ2) is 8.68. The fourth-order valence-electron chi connectivity index (χ4n) is 3.51. The average Bonchev–Trinajstić information content (AvgIpc) is 3.38. The van der Waals surface area contributed by atoms with Crippen molar-refractivity contribution in [1.29, 1.82) is 0 Å². The minimum absolute atomic E-state index is 0.0666. The van der Waals surface area contributed by atoms with Crippen LogP contribution in [0.3, 0.4) is 0 Å². The maximum atomic E-state index is 12.7. The Balaban J connectivity index is 1.44. The Hall–Kier alpha value is -3.48. The summed E-state index contributed by atoms with van der Waals surface area (Å²) in [5.74, 6) is 0.555. The lowest BCUT2D eigenvalue weighted by Crippen LogP contribution is -2.39. The normalized spacial score (nSPS) is 14.8. The molecule has 1 atom stereocenters. The van der Waals surface area contributed by atoms with Crippen molar-refractivity contribution in [3.05, 3.63) is 72.6 Å². The molecular weight excluding hydrogens is 366 g/mol. The summed E-state index contributed by atoms with van der Waals surface area (Å²) in [5, 5.41) is 7.45. The lowest BCUT2D eigenvalue weighted by Gasteiger charge is -2.25. The zero-order valence-corrected chi connectivity index (χ0v) is 16.1. The quantitative estimate of drug-likeness (QED) is 0.673. The van der Waals surface area contributed by atoms with Crippen LogP contribution >= 0.6 is 0 Å². The van der Waals surface area contributed by atoms with E-state index in [9.17, 15) is 9.59 Å². The molecule has 0 radical (unpaired) electrons. The van der Waals surface area contributed by atoms with Crippen molar-refractivity contribution < 1.29 is 9.59 Å². The third-order valence-corrected chi connectivity index (χ3v) is 4.99. The number of amides is 2. The van der Waals surface area contributed by atoms with Gasteiger partial charge >= 0.3 is 0 Å². The molecule has 2 heterocycles. The van der Waals surface area contributed by atoms with Crippen LogP contribution in [0.4, 0.5) is 0 Å². The maximum Gasteiger partial charge on any atom is 0.242 e. The Bertz CT molecular complexity index is 971. The Morgan fingerprint density at radius 2 is 1.79 bits per heavy atom. The van der Waals surface area contributed by atoms with E-state index in [4.69, 9.17) is 0 Å². The number of aromatic nitrogens is 3. The van der Waals surface area contributed by atoms with Crippen LogP contribution in [0.5, 0.6) is 0 Å². The fraction of sp³-hybridized carbons (Fsp3) is 0.273. The van der Waals surface area contributed by atoms with E-state index < -0.39 is 0 Å². The van der Waals surface area contributed by atoms with E-state index in [1.54, 1.807) is 6.33 Å². The standard InChI is InChI=1S/C22H23N5O2/c28-20(15-27-16-23-22(25-27)18-10-5-2-6-11-18)24-19(17-8-3-1-4-9-17)14-26-13-7-12-21(26)29/h1-6,8-11,16,19H,7,12-15H2,(H,24,28)/t19-/m0/s1. The van der Waals surface area contributed by atoms with Crippen molar-refractivity contribution in [1.82, 2.24) is 25.0 Å². The molecule has 4 rings (SSSR count). The van der Waals surface area contributed by atoms with Crippen LogP contribution in [-0.4, -0.2) is 44.6 Å². The lowest BCUT2D eigenvalue weighted by atomic mass is 10.1. The van der Waals surface area contributed by atoms with Gasteiger partial charge in [-0.25, -0.2) is 9.67 Å². The number of nitrogens with zero attached hydrogens (tertiary/aromatic N) is 4. The summed E-state index contributed by atoms with van der Waals surface area (Å²) in [6.07, 6.45) is 3.01. The molecule has 1 saturated heterocycles. The number of carbonyl (C=O) groups is 2. The first kappa shape index (κ1) is 18.9. The monoisotopic (exact) mass is 389 g/mol. The number of rotatable bonds is 7. The smallest absolute Gasteiger partial charge is 0.242 e. The first-order valence-corrected chi connectivity index (χ1v) is 9.76. The fourth-order valence-corrected chi connectivity index (χ4v) is 3.51. The molecule has 1 N–H and O–H groups in total. The van der Waals surface area contributed by atoms with Crippen molar-refractivity contribution >= 4 is 11.8 Å². The topological polar surface area (TPSA) is 80.1 Å². The number of hydrogen-bond donors (Lipinski definition) is 1. The van der Waals surface area contributed by atoms with E-state index in [1.165, 1.54) is 4.68 Å². The zero-order valence-electron chi connectivity index (χ0n) is 16.1. The molecule has 148 valence electrons. The molecular formula is C22H23N5O2. The van der Waals surface area contributed by atoms with Gasteiger partial charge in [-0.3, -0.25) is 9.59 Å². The van der Waals surface area contributed by atoms with Crippen molar-refractivity contribution in [2.75, 3.05) is 13.1 Å². The summed E-state index contributed by atoms with van der Waals surface area (Å²) in [7, 11) is 0. The van der Waals surface area contributed by atoms with Gasteiger partial charge in [0.1, 0.15) is 12.9 Å². The molecule has 0 bridgehead atoms. The molecule has 2 amide bonds. The second-order valence-electron chi connectivity index (χ2n) is 7.11. The summed E-state index contributed by atoms with van der Waals surface area (Å²) in [6, 6.07) is 19.1. The summed E-state index contributed by atoms with van der Waals surface area (Å²) in [4.78, 5) is 30.8. The second-order valence-corrected chi connectivity index (χ2v) is 7.11. The molecule has 1 aliphatic heterocycles. The molecule has 0 saturated carbocycles. The number of benzene rings is 2. The first-order chi connectivity index (χ1) is 14.2. The molecule has 7 nitrogen and oxygen atoms in total. The van der Waals surface area contributed by atoms with E-state index >= 15 is 0 Å². The molecule has 3 aromatic rings. The van der Waals surface area contributed by atoms with Gasteiger partial charge in [0.15, 0.2) is 5.82 Å². The summed E-state index contributed by atoms with van der Waals surface area (Å²) in [5.41, 5.74) is 1.88. The van der Waals surface area contributed by atoms with E-state index in [2.05, 4.69) is 15.4 Å². The predicted molar refractivity (Wildman–Crippen MR) is 109 cm³/mol. The van der Waals surface area contributed by atoms with E-state index in [1.807, 2.05) is 65.6 Å². The van der Waals surface area contributed by atoms with Crippen LogP contribution in [0.2, 0.25) is 0 Å². The highest BCUT2D eigenvalue weighted by Crippen LogP contribution is 2.19. The van der Waals surface area contributed by atoms with Gasteiger partial charge in [-0.2, -0.15) is 5.10 Å². The van der Waals surface area contributed by atoms with Crippen LogP contribution in [0.1, 0.15) is 24.4 Å². The van der Waals surface area contributed by atoms with Crippen LogP contribution in [0.25, 0.3) is 11.4 Å². The van der Waals surface area contributed by atoms with Gasteiger partial charge in [0.05, 0.1) is 6.04 Å². The Morgan fingerprint density at radius 3 is 2.48 bits per heavy atom. The van der Waals surface area contributed by atoms with Crippen LogP contribution in [-0.2, 0) is 16.1 Å². The van der Waals surface area contributed by atoms with Gasteiger partial charge in [-0.15, -0.1) is 0 Å². The van der Waals surface area contributed by atoms with Crippen molar-refractivity contribution in [3.8, 4) is 11.4 Å². The Labute approximate surface area is 169 Å². The zero-order chi connectivity index (χ0) is 20.1. The van der Waals surface area contributed by atoms with Gasteiger partial charge < -0.3 is 10.2 Å². The van der Waals surface area contributed by atoms with E-state index in [-0.39, 0.29) is 24.4 Å². The number of likely N-dealkylation sites (tertiary alicyclic amines) is 1. The number of hydrogen-bond acceptors (Lipinski definition) is 4. The Kier molecular flexibility index (Phi) is 5.65. The van der Waals surface area contributed by atoms with Crippen molar-refractivity contribution in [2.45, 2.75) is 25.4 Å². The largest absolute Gasteiger partial charge is 0.346 e. The molecule has 2 aromatic carbocycles. The molecule has 7 heteroatoms. The maximum absolute atomic E-state index is 12.7. The van der Waals surface area contributed by atoms with E-state index in [0.29, 0.717) is 18.8 Å². The highest BCUT2D eigenvalue weighted by molar-refractivity contribution is 5.79. The summed E-state index contributed by atoms with van der Waals surface area (Å²) in [6.45, 7) is 1.28. The van der Waals surface area contributed by atoms with Gasteiger partial charge in [0.25, 0.3) is 0 Å². The summed E-state index contributed by atoms with van der Waals surface area (Å²) >= 11 is 0. The van der Waals surface area contributed by atoms with Crippen LogP contribution in [0.15, 0.2) is 67.0 Å². The Morgan fingerprint density at radius 1 is 1.07 bits per heavy atom. The third kappa shape index (κ3) is 4.68. The van der Waals surface area contributed by atoms with Gasteiger partial charge in [-0.1, -0.05) is 60.7 Å². The lowest BCUT2D eigenvalue weighted by molar-refractivity contribution is -0.129. The van der Waals surface area contributed by atoms with Gasteiger partial charge in [-0.05, 0) is 12.0 Å². The van der Waals surface area contributed by atoms with E-state index in [0.717, 1.165) is 24.1 Å².